The van der Waals surface area contributed by atoms with Crippen molar-refractivity contribution in [2.45, 2.75) is 24.0 Å². The van der Waals surface area contributed by atoms with Gasteiger partial charge in [-0.05, 0) is 25.2 Å². The number of aromatic nitrogens is 1. The molecular weight excluding hydrogens is 236 g/mol. The van der Waals surface area contributed by atoms with Crippen molar-refractivity contribution in [3.8, 4) is 5.75 Å². The molecule has 0 N–H and O–H groups in total. The van der Waals surface area contributed by atoms with Crippen LogP contribution in [0.5, 0.6) is 5.75 Å². The number of thioether (sulfide) groups is 1. The second-order valence-electron chi connectivity index (χ2n) is 4.21. The van der Waals surface area contributed by atoms with Crippen LogP contribution in [-0.4, -0.2) is 42.2 Å². The first-order valence-electron chi connectivity index (χ1n) is 5.54. The molecule has 1 fully saturated rings. The number of rotatable bonds is 4. The van der Waals surface area contributed by atoms with Crippen molar-refractivity contribution in [3.63, 3.8) is 0 Å². The first kappa shape index (κ1) is 12.2. The van der Waals surface area contributed by atoms with E-state index in [0.29, 0.717) is 11.3 Å². The van der Waals surface area contributed by atoms with E-state index in [0.717, 1.165) is 17.9 Å². The molecule has 0 unspecified atom stereocenters. The van der Waals surface area contributed by atoms with Crippen molar-refractivity contribution in [1.82, 2.24) is 9.88 Å². The van der Waals surface area contributed by atoms with Crippen molar-refractivity contribution in [1.29, 1.82) is 0 Å². The minimum absolute atomic E-state index is 0.0432. The number of carbonyl (C=O) groups is 1. The van der Waals surface area contributed by atoms with Crippen molar-refractivity contribution < 1.29 is 9.53 Å². The number of hydrogen-bond donors (Lipinski definition) is 0. The minimum Gasteiger partial charge on any atom is -0.487 e. The maximum Gasteiger partial charge on any atom is 0.257 e. The summed E-state index contributed by atoms with van der Waals surface area (Å²) >= 11 is 1.50. The Morgan fingerprint density at radius 1 is 1.53 bits per heavy atom. The highest BCUT2D eigenvalue weighted by Crippen LogP contribution is 2.35. The van der Waals surface area contributed by atoms with Gasteiger partial charge in [-0.25, -0.2) is 4.98 Å². The molecule has 92 valence electrons. The smallest absolute Gasteiger partial charge is 0.257 e. The van der Waals surface area contributed by atoms with Crippen LogP contribution in [0.3, 0.4) is 0 Å². The third kappa shape index (κ3) is 2.72. The van der Waals surface area contributed by atoms with Crippen LogP contribution in [0.4, 0.5) is 0 Å². The Hall–Kier alpha value is -1.23. The van der Waals surface area contributed by atoms with Gasteiger partial charge in [0.15, 0.2) is 5.75 Å². The van der Waals surface area contributed by atoms with Crippen LogP contribution in [0.1, 0.15) is 23.2 Å². The largest absolute Gasteiger partial charge is 0.487 e. The quantitative estimate of drug-likeness (QED) is 0.769. The summed E-state index contributed by atoms with van der Waals surface area (Å²) in [5, 5.41) is 0.782. The molecule has 5 heteroatoms. The molecule has 2 rings (SSSR count). The summed E-state index contributed by atoms with van der Waals surface area (Å²) in [6, 6.07) is 1.72. The van der Waals surface area contributed by atoms with Crippen molar-refractivity contribution in [3.05, 3.63) is 17.8 Å². The van der Waals surface area contributed by atoms with E-state index in [1.165, 1.54) is 11.8 Å². The summed E-state index contributed by atoms with van der Waals surface area (Å²) in [5.74, 6) is 0.597. The maximum absolute atomic E-state index is 12.0. The highest BCUT2D eigenvalue weighted by atomic mass is 32.2. The van der Waals surface area contributed by atoms with E-state index in [2.05, 4.69) is 4.98 Å². The van der Waals surface area contributed by atoms with Gasteiger partial charge in [0.1, 0.15) is 5.03 Å². The van der Waals surface area contributed by atoms with Gasteiger partial charge >= 0.3 is 0 Å². The normalized spacial score (nSPS) is 14.5. The molecule has 0 aliphatic heterocycles. The molecule has 1 aliphatic rings. The van der Waals surface area contributed by atoms with Crippen LogP contribution in [0.15, 0.2) is 17.3 Å². The van der Waals surface area contributed by atoms with Crippen LogP contribution in [0.2, 0.25) is 0 Å². The Morgan fingerprint density at radius 3 is 2.76 bits per heavy atom. The molecule has 17 heavy (non-hydrogen) atoms. The lowest BCUT2D eigenvalue weighted by Crippen LogP contribution is -2.23. The lowest BCUT2D eigenvalue weighted by Gasteiger charge is -2.16. The van der Waals surface area contributed by atoms with Gasteiger partial charge in [0.05, 0.1) is 11.7 Å². The van der Waals surface area contributed by atoms with E-state index in [1.54, 1.807) is 31.3 Å². The standard InChI is InChI=1S/C12H16N2O2S/c1-14(2)12(15)9-6-7-13-11(17-3)10(9)16-8-4-5-8/h6-8H,4-5H2,1-3H3. The molecule has 0 atom stereocenters. The first-order valence-corrected chi connectivity index (χ1v) is 6.77. The Balaban J connectivity index is 2.37. The van der Waals surface area contributed by atoms with Crippen LogP contribution in [-0.2, 0) is 0 Å². The predicted octanol–water partition coefficient (Wildman–Crippen LogP) is 2.05. The molecule has 0 spiro atoms. The topological polar surface area (TPSA) is 42.4 Å². The zero-order chi connectivity index (χ0) is 12.4. The lowest BCUT2D eigenvalue weighted by atomic mass is 10.2. The number of carbonyl (C=O) groups excluding carboxylic acids is 1. The van der Waals surface area contributed by atoms with Gasteiger partial charge in [-0.1, -0.05) is 0 Å². The molecule has 0 aromatic carbocycles. The van der Waals surface area contributed by atoms with Gasteiger partial charge in [0.2, 0.25) is 0 Å². The fraction of sp³-hybridized carbons (Fsp3) is 0.500. The van der Waals surface area contributed by atoms with E-state index in [4.69, 9.17) is 4.74 Å². The molecule has 1 aromatic rings. The van der Waals surface area contributed by atoms with E-state index in [-0.39, 0.29) is 12.0 Å². The fourth-order valence-corrected chi connectivity index (χ4v) is 1.96. The zero-order valence-corrected chi connectivity index (χ0v) is 11.1. The third-order valence-electron chi connectivity index (χ3n) is 2.51. The van der Waals surface area contributed by atoms with Crippen molar-refractivity contribution >= 4 is 17.7 Å². The molecule has 4 nitrogen and oxygen atoms in total. The Kier molecular flexibility index (Phi) is 3.57. The lowest BCUT2D eigenvalue weighted by molar-refractivity contribution is 0.0822. The number of amides is 1. The predicted molar refractivity (Wildman–Crippen MR) is 67.7 cm³/mol. The Morgan fingerprint density at radius 2 is 2.24 bits per heavy atom. The summed E-state index contributed by atoms with van der Waals surface area (Å²) in [4.78, 5) is 17.8. The number of pyridine rings is 1. The van der Waals surface area contributed by atoms with E-state index in [1.807, 2.05) is 6.26 Å². The summed E-state index contributed by atoms with van der Waals surface area (Å²) in [5.41, 5.74) is 0.598. The van der Waals surface area contributed by atoms with Gasteiger partial charge in [-0.15, -0.1) is 11.8 Å². The average Bonchev–Trinajstić information content (AvgIpc) is 3.12. The highest BCUT2D eigenvalue weighted by Gasteiger charge is 2.28. The van der Waals surface area contributed by atoms with E-state index in [9.17, 15) is 4.79 Å². The molecule has 0 saturated heterocycles. The second-order valence-corrected chi connectivity index (χ2v) is 5.01. The summed E-state index contributed by atoms with van der Waals surface area (Å²) < 4.78 is 5.82. The van der Waals surface area contributed by atoms with Crippen molar-refractivity contribution in [2.24, 2.45) is 0 Å². The highest BCUT2D eigenvalue weighted by molar-refractivity contribution is 7.98. The Labute approximate surface area is 105 Å². The van der Waals surface area contributed by atoms with Crippen molar-refractivity contribution in [2.75, 3.05) is 20.4 Å². The van der Waals surface area contributed by atoms with Crippen LogP contribution in [0.25, 0.3) is 0 Å². The number of nitrogens with zero attached hydrogens (tertiary/aromatic N) is 2. The van der Waals surface area contributed by atoms with Gasteiger partial charge in [0, 0.05) is 20.3 Å². The van der Waals surface area contributed by atoms with Crippen LogP contribution in [0, 0.1) is 0 Å². The third-order valence-corrected chi connectivity index (χ3v) is 3.19. The molecule has 0 radical (unpaired) electrons. The zero-order valence-electron chi connectivity index (χ0n) is 10.3. The van der Waals surface area contributed by atoms with Gasteiger partial charge in [-0.3, -0.25) is 4.79 Å². The van der Waals surface area contributed by atoms with Crippen LogP contribution < -0.4 is 4.74 Å². The number of hydrogen-bond acceptors (Lipinski definition) is 4. The first-order chi connectivity index (χ1) is 8.13. The van der Waals surface area contributed by atoms with Gasteiger partial charge < -0.3 is 9.64 Å². The van der Waals surface area contributed by atoms with Gasteiger partial charge in [0.25, 0.3) is 5.91 Å². The van der Waals surface area contributed by atoms with E-state index >= 15 is 0 Å². The monoisotopic (exact) mass is 252 g/mol. The van der Waals surface area contributed by atoms with Crippen LogP contribution >= 0.6 is 11.8 Å². The number of ether oxygens (including phenoxy) is 1. The molecule has 1 aliphatic carbocycles. The fourth-order valence-electron chi connectivity index (χ4n) is 1.45. The summed E-state index contributed by atoms with van der Waals surface area (Å²) in [6.07, 6.45) is 5.99. The average molecular weight is 252 g/mol. The summed E-state index contributed by atoms with van der Waals surface area (Å²) in [7, 11) is 3.48. The molecule has 1 saturated carbocycles. The molecule has 1 amide bonds. The molecule has 1 aromatic heterocycles. The second kappa shape index (κ2) is 4.96. The maximum atomic E-state index is 12.0. The van der Waals surface area contributed by atoms with E-state index < -0.39 is 0 Å². The molecule has 0 bridgehead atoms. The van der Waals surface area contributed by atoms with Gasteiger partial charge in [-0.2, -0.15) is 0 Å². The summed E-state index contributed by atoms with van der Waals surface area (Å²) in [6.45, 7) is 0. The molecular formula is C12H16N2O2S. The SMILES string of the molecule is CSc1nccc(C(=O)N(C)C)c1OC1CC1. The molecule has 1 heterocycles. The Bertz CT molecular complexity index is 431. The minimum atomic E-state index is -0.0432.